The number of carbonyl (C=O) groups excluding carboxylic acids is 1. The van der Waals surface area contributed by atoms with Crippen LogP contribution in [0.3, 0.4) is 0 Å². The molecule has 0 radical (unpaired) electrons. The highest BCUT2D eigenvalue weighted by Gasteiger charge is 2.09. The third-order valence-electron chi connectivity index (χ3n) is 3.65. The summed E-state index contributed by atoms with van der Waals surface area (Å²) in [5, 5.41) is 3.47. The Morgan fingerprint density at radius 3 is 2.80 bits per heavy atom. The van der Waals surface area contributed by atoms with Crippen LogP contribution in [0.1, 0.15) is 21.5 Å². The van der Waals surface area contributed by atoms with Crippen LogP contribution in [0.15, 0.2) is 18.2 Å². The third-order valence-corrected chi connectivity index (χ3v) is 4.59. The highest BCUT2D eigenvalue weighted by atomic mass is 32.2. The van der Waals surface area contributed by atoms with Crippen LogP contribution in [-0.4, -0.2) is 48.5 Å². The van der Waals surface area contributed by atoms with Gasteiger partial charge in [-0.2, -0.15) is 11.8 Å². The summed E-state index contributed by atoms with van der Waals surface area (Å²) in [5.41, 5.74) is 8.20. The predicted molar refractivity (Wildman–Crippen MR) is 85.2 cm³/mol. The number of thioether (sulfide) groups is 1. The van der Waals surface area contributed by atoms with Crippen molar-refractivity contribution in [2.75, 3.05) is 37.7 Å². The number of hydrogen-bond acceptors (Lipinski definition) is 4. The van der Waals surface area contributed by atoms with Crippen LogP contribution in [0.4, 0.5) is 0 Å². The van der Waals surface area contributed by atoms with Crippen LogP contribution in [0.25, 0.3) is 0 Å². The van der Waals surface area contributed by atoms with Crippen molar-refractivity contribution in [3.8, 4) is 0 Å². The molecule has 5 heteroatoms. The normalized spacial score (nSPS) is 16.2. The zero-order valence-electron chi connectivity index (χ0n) is 12.0. The molecule has 20 heavy (non-hydrogen) atoms. The first-order valence-electron chi connectivity index (χ1n) is 7.07. The maximum Gasteiger partial charge on any atom is 0.248 e. The average molecular weight is 293 g/mol. The van der Waals surface area contributed by atoms with E-state index in [1.165, 1.54) is 30.2 Å². The van der Waals surface area contributed by atoms with E-state index in [1.807, 2.05) is 30.8 Å². The van der Waals surface area contributed by atoms with Crippen LogP contribution in [0.2, 0.25) is 0 Å². The van der Waals surface area contributed by atoms with Gasteiger partial charge in [0.15, 0.2) is 0 Å². The average Bonchev–Trinajstić information content (AvgIpc) is 2.46. The topological polar surface area (TPSA) is 58.4 Å². The molecule has 1 aromatic rings. The van der Waals surface area contributed by atoms with Gasteiger partial charge >= 0.3 is 0 Å². The lowest BCUT2D eigenvalue weighted by Crippen LogP contribution is -2.37. The van der Waals surface area contributed by atoms with Crippen molar-refractivity contribution in [2.45, 2.75) is 13.5 Å². The monoisotopic (exact) mass is 293 g/mol. The van der Waals surface area contributed by atoms with Crippen LogP contribution in [0, 0.1) is 6.92 Å². The van der Waals surface area contributed by atoms with Gasteiger partial charge in [0.2, 0.25) is 5.91 Å². The zero-order chi connectivity index (χ0) is 14.4. The molecule has 0 aliphatic carbocycles. The largest absolute Gasteiger partial charge is 0.366 e. The molecule has 1 amide bonds. The molecule has 0 spiro atoms. The molecule has 3 N–H and O–H groups in total. The Labute approximate surface area is 125 Å². The first-order chi connectivity index (χ1) is 9.66. The molecule has 0 unspecified atom stereocenters. The number of amides is 1. The van der Waals surface area contributed by atoms with Crippen LogP contribution >= 0.6 is 11.8 Å². The summed E-state index contributed by atoms with van der Waals surface area (Å²) in [6.45, 7) is 7.39. The number of aryl methyl sites for hydroxylation is 1. The summed E-state index contributed by atoms with van der Waals surface area (Å²) in [7, 11) is 0. The summed E-state index contributed by atoms with van der Waals surface area (Å²) in [6.07, 6.45) is 0. The highest BCUT2D eigenvalue weighted by Crippen LogP contribution is 2.11. The first-order valence-corrected chi connectivity index (χ1v) is 8.22. The molecular formula is C15H23N3OS. The number of carbonyl (C=O) groups is 1. The molecule has 1 aliphatic rings. The van der Waals surface area contributed by atoms with Gasteiger partial charge in [-0.1, -0.05) is 6.07 Å². The fraction of sp³-hybridized carbons (Fsp3) is 0.533. The van der Waals surface area contributed by atoms with Crippen LogP contribution < -0.4 is 11.1 Å². The SMILES string of the molecule is Cc1cc(C(N)=O)ccc1CNCCN1CCSCC1. The van der Waals surface area contributed by atoms with E-state index in [-0.39, 0.29) is 5.91 Å². The smallest absolute Gasteiger partial charge is 0.248 e. The number of primary amides is 1. The quantitative estimate of drug-likeness (QED) is 0.775. The number of nitrogens with zero attached hydrogens (tertiary/aromatic N) is 1. The van der Waals surface area contributed by atoms with E-state index >= 15 is 0 Å². The van der Waals surface area contributed by atoms with Gasteiger partial charge in [-0.3, -0.25) is 4.79 Å². The molecule has 1 aromatic carbocycles. The Morgan fingerprint density at radius 1 is 1.40 bits per heavy atom. The third kappa shape index (κ3) is 4.51. The summed E-state index contributed by atoms with van der Waals surface area (Å²) in [4.78, 5) is 13.6. The Hall–Kier alpha value is -1.04. The second kappa shape index (κ2) is 7.67. The summed E-state index contributed by atoms with van der Waals surface area (Å²) < 4.78 is 0. The summed E-state index contributed by atoms with van der Waals surface area (Å²) >= 11 is 2.04. The minimum Gasteiger partial charge on any atom is -0.366 e. The minimum absolute atomic E-state index is 0.365. The van der Waals surface area contributed by atoms with E-state index in [9.17, 15) is 4.79 Å². The van der Waals surface area contributed by atoms with Crippen molar-refractivity contribution in [2.24, 2.45) is 5.73 Å². The fourth-order valence-corrected chi connectivity index (χ4v) is 3.31. The zero-order valence-corrected chi connectivity index (χ0v) is 12.8. The molecule has 0 atom stereocenters. The Balaban J connectivity index is 1.74. The van der Waals surface area contributed by atoms with Gasteiger partial charge in [-0.05, 0) is 30.2 Å². The number of nitrogens with two attached hydrogens (primary N) is 1. The second-order valence-electron chi connectivity index (χ2n) is 5.14. The molecule has 110 valence electrons. The van der Waals surface area contributed by atoms with Gasteiger partial charge in [0.1, 0.15) is 0 Å². The molecule has 1 fully saturated rings. The van der Waals surface area contributed by atoms with Crippen molar-refractivity contribution < 1.29 is 4.79 Å². The number of benzene rings is 1. The molecule has 4 nitrogen and oxygen atoms in total. The van der Waals surface area contributed by atoms with Gasteiger partial charge in [-0.25, -0.2) is 0 Å². The number of hydrogen-bond donors (Lipinski definition) is 2. The van der Waals surface area contributed by atoms with Gasteiger partial charge in [-0.15, -0.1) is 0 Å². The molecule has 1 heterocycles. The fourth-order valence-electron chi connectivity index (χ4n) is 2.33. The second-order valence-corrected chi connectivity index (χ2v) is 6.36. The summed E-state index contributed by atoms with van der Waals surface area (Å²) in [5.74, 6) is 2.15. The molecule has 1 saturated heterocycles. The molecule has 0 bridgehead atoms. The molecule has 2 rings (SSSR count). The van der Waals surface area contributed by atoms with Crippen molar-refractivity contribution in [1.29, 1.82) is 0 Å². The van der Waals surface area contributed by atoms with E-state index in [4.69, 9.17) is 5.73 Å². The standard InChI is InChI=1S/C15H23N3OS/c1-12-10-13(15(16)19)2-3-14(12)11-17-4-5-18-6-8-20-9-7-18/h2-3,10,17H,4-9,11H2,1H3,(H2,16,19). The molecule has 0 aromatic heterocycles. The van der Waals surface area contributed by atoms with Gasteiger partial charge < -0.3 is 16.0 Å². The van der Waals surface area contributed by atoms with Crippen LogP contribution in [-0.2, 0) is 6.54 Å². The van der Waals surface area contributed by atoms with Crippen molar-refractivity contribution in [1.82, 2.24) is 10.2 Å². The van der Waals surface area contributed by atoms with Gasteiger partial charge in [0.25, 0.3) is 0 Å². The van der Waals surface area contributed by atoms with E-state index < -0.39 is 0 Å². The lowest BCUT2D eigenvalue weighted by Gasteiger charge is -2.26. The maximum atomic E-state index is 11.1. The van der Waals surface area contributed by atoms with E-state index in [0.29, 0.717) is 5.56 Å². The number of rotatable bonds is 6. The Kier molecular flexibility index (Phi) is 5.88. The molecule has 0 saturated carbocycles. The van der Waals surface area contributed by atoms with Crippen molar-refractivity contribution in [3.63, 3.8) is 0 Å². The summed E-state index contributed by atoms with van der Waals surface area (Å²) in [6, 6.07) is 5.65. The Bertz CT molecular complexity index is 458. The molecular weight excluding hydrogens is 270 g/mol. The van der Waals surface area contributed by atoms with E-state index in [1.54, 1.807) is 6.07 Å². The van der Waals surface area contributed by atoms with Gasteiger partial charge in [0.05, 0.1) is 0 Å². The molecule has 1 aliphatic heterocycles. The van der Waals surface area contributed by atoms with Crippen LogP contribution in [0.5, 0.6) is 0 Å². The van der Waals surface area contributed by atoms with Gasteiger partial charge in [0, 0.05) is 49.8 Å². The highest BCUT2D eigenvalue weighted by molar-refractivity contribution is 7.99. The van der Waals surface area contributed by atoms with Crippen molar-refractivity contribution in [3.05, 3.63) is 34.9 Å². The Morgan fingerprint density at radius 2 is 2.15 bits per heavy atom. The van der Waals surface area contributed by atoms with E-state index in [0.717, 1.165) is 25.2 Å². The lowest BCUT2D eigenvalue weighted by atomic mass is 10.0. The van der Waals surface area contributed by atoms with Crippen molar-refractivity contribution >= 4 is 17.7 Å². The maximum absolute atomic E-state index is 11.1. The minimum atomic E-state index is -0.365. The predicted octanol–water partition coefficient (Wildman–Crippen LogP) is 1.23. The van der Waals surface area contributed by atoms with E-state index in [2.05, 4.69) is 10.2 Å². The number of nitrogens with one attached hydrogen (secondary N) is 1. The lowest BCUT2D eigenvalue weighted by molar-refractivity contribution is 0.1000. The first kappa shape index (κ1) is 15.4.